The summed E-state index contributed by atoms with van der Waals surface area (Å²) in [6.45, 7) is -0.278. The van der Waals surface area contributed by atoms with Crippen molar-refractivity contribution >= 4 is 22.9 Å². The fraction of sp³-hybridized carbons (Fsp3) is 0.0435. The van der Waals surface area contributed by atoms with Crippen LogP contribution in [0.25, 0.3) is 21.8 Å². The largest absolute Gasteiger partial charge is 0.481 e. The molecule has 0 atom stereocenters. The number of benzene rings is 3. The van der Waals surface area contributed by atoms with Crippen molar-refractivity contribution in [3.63, 3.8) is 0 Å². The van der Waals surface area contributed by atoms with Crippen molar-refractivity contribution < 1.29 is 13.9 Å². The van der Waals surface area contributed by atoms with E-state index in [0.717, 1.165) is 21.8 Å². The Labute approximate surface area is 171 Å². The van der Waals surface area contributed by atoms with Crippen LogP contribution in [0.2, 0.25) is 0 Å². The van der Waals surface area contributed by atoms with Crippen LogP contribution in [0.4, 0.5) is 10.1 Å². The maximum absolute atomic E-state index is 13.6. The molecule has 1 aromatic heterocycles. The standard InChI is InChI=1S/C23H17FN2O2S/c24-19-11-4-5-12-21(19)28-14-22(27)25-18-10-6-9-17(13-18)20-15-29-23(26-20)16-7-2-1-3-8-16/h1-13,15H,14H2,(H,25,27). The van der Waals surface area contributed by atoms with E-state index in [0.29, 0.717) is 5.69 Å². The average molecular weight is 404 g/mol. The second-order valence-electron chi connectivity index (χ2n) is 6.25. The van der Waals surface area contributed by atoms with Gasteiger partial charge < -0.3 is 10.1 Å². The Balaban J connectivity index is 1.43. The number of aromatic nitrogens is 1. The van der Waals surface area contributed by atoms with Gasteiger partial charge in [0.1, 0.15) is 5.01 Å². The van der Waals surface area contributed by atoms with E-state index in [4.69, 9.17) is 9.72 Å². The van der Waals surface area contributed by atoms with Crippen LogP contribution < -0.4 is 10.1 Å². The molecule has 1 N–H and O–H groups in total. The topological polar surface area (TPSA) is 51.2 Å². The Morgan fingerprint density at radius 1 is 0.966 bits per heavy atom. The van der Waals surface area contributed by atoms with Gasteiger partial charge in [-0.1, -0.05) is 54.6 Å². The third-order valence-electron chi connectivity index (χ3n) is 4.16. The quantitative estimate of drug-likeness (QED) is 0.453. The third kappa shape index (κ3) is 4.67. The molecule has 0 aliphatic carbocycles. The summed E-state index contributed by atoms with van der Waals surface area (Å²) in [5.41, 5.74) is 3.43. The maximum atomic E-state index is 13.6. The van der Waals surface area contributed by atoms with Gasteiger partial charge in [-0.05, 0) is 24.3 Å². The molecule has 0 bridgehead atoms. The number of nitrogens with zero attached hydrogens (tertiary/aromatic N) is 1. The second-order valence-corrected chi connectivity index (χ2v) is 7.11. The molecule has 4 nitrogen and oxygen atoms in total. The lowest BCUT2D eigenvalue weighted by molar-refractivity contribution is -0.118. The van der Waals surface area contributed by atoms with Crippen molar-refractivity contribution in [2.75, 3.05) is 11.9 Å². The zero-order chi connectivity index (χ0) is 20.1. The molecule has 6 heteroatoms. The van der Waals surface area contributed by atoms with Crippen molar-refractivity contribution in [2.45, 2.75) is 0 Å². The highest BCUT2D eigenvalue weighted by molar-refractivity contribution is 7.13. The van der Waals surface area contributed by atoms with E-state index < -0.39 is 5.82 Å². The molecule has 4 aromatic rings. The summed E-state index contributed by atoms with van der Waals surface area (Å²) >= 11 is 1.57. The Bertz CT molecular complexity index is 1130. The molecule has 0 aliphatic heterocycles. The van der Waals surface area contributed by atoms with Crippen LogP contribution >= 0.6 is 11.3 Å². The number of hydrogen-bond donors (Lipinski definition) is 1. The molecule has 0 aliphatic rings. The first-order chi connectivity index (χ1) is 14.2. The highest BCUT2D eigenvalue weighted by Crippen LogP contribution is 2.29. The number of hydrogen-bond acceptors (Lipinski definition) is 4. The van der Waals surface area contributed by atoms with Gasteiger partial charge in [0.15, 0.2) is 18.2 Å². The zero-order valence-electron chi connectivity index (χ0n) is 15.3. The average Bonchev–Trinajstić information content (AvgIpc) is 3.24. The summed E-state index contributed by atoms with van der Waals surface area (Å²) in [5, 5.41) is 5.70. The van der Waals surface area contributed by atoms with Gasteiger partial charge in [0.2, 0.25) is 0 Å². The lowest BCUT2D eigenvalue weighted by Crippen LogP contribution is -2.20. The fourth-order valence-electron chi connectivity index (χ4n) is 2.78. The smallest absolute Gasteiger partial charge is 0.262 e. The molecule has 144 valence electrons. The highest BCUT2D eigenvalue weighted by atomic mass is 32.1. The predicted molar refractivity (Wildman–Crippen MR) is 114 cm³/mol. The van der Waals surface area contributed by atoms with Crippen molar-refractivity contribution in [3.05, 3.63) is 90.1 Å². The van der Waals surface area contributed by atoms with Gasteiger partial charge in [-0.3, -0.25) is 4.79 Å². The van der Waals surface area contributed by atoms with E-state index in [9.17, 15) is 9.18 Å². The van der Waals surface area contributed by atoms with Crippen LogP contribution in [0, 0.1) is 5.82 Å². The third-order valence-corrected chi connectivity index (χ3v) is 5.05. The lowest BCUT2D eigenvalue weighted by atomic mass is 10.1. The summed E-state index contributed by atoms with van der Waals surface area (Å²) in [4.78, 5) is 16.9. The molecule has 4 rings (SSSR count). The van der Waals surface area contributed by atoms with E-state index in [1.54, 1.807) is 29.5 Å². The Morgan fingerprint density at radius 3 is 2.55 bits per heavy atom. The molecule has 0 fully saturated rings. The first kappa shape index (κ1) is 18.8. The molecular formula is C23H17FN2O2S. The summed E-state index contributed by atoms with van der Waals surface area (Å²) in [6, 6.07) is 23.4. The van der Waals surface area contributed by atoms with Crippen molar-refractivity contribution in [3.8, 4) is 27.6 Å². The van der Waals surface area contributed by atoms with Crippen LogP contribution in [0.15, 0.2) is 84.2 Å². The Kier molecular flexibility index (Phi) is 5.63. The molecule has 0 radical (unpaired) electrons. The molecular weight excluding hydrogens is 387 g/mol. The van der Waals surface area contributed by atoms with Crippen molar-refractivity contribution in [1.29, 1.82) is 0 Å². The Morgan fingerprint density at radius 2 is 1.72 bits per heavy atom. The first-order valence-electron chi connectivity index (χ1n) is 8.97. The predicted octanol–water partition coefficient (Wildman–Crippen LogP) is 5.63. The van der Waals surface area contributed by atoms with E-state index in [2.05, 4.69) is 5.32 Å². The van der Waals surface area contributed by atoms with Gasteiger partial charge in [-0.25, -0.2) is 9.37 Å². The second kappa shape index (κ2) is 8.67. The maximum Gasteiger partial charge on any atom is 0.262 e. The number of carbonyl (C=O) groups is 1. The minimum atomic E-state index is -0.500. The van der Waals surface area contributed by atoms with Crippen LogP contribution in [-0.2, 0) is 4.79 Å². The summed E-state index contributed by atoms with van der Waals surface area (Å²) < 4.78 is 18.8. The summed E-state index contributed by atoms with van der Waals surface area (Å²) in [6.07, 6.45) is 0. The van der Waals surface area contributed by atoms with Crippen molar-refractivity contribution in [2.24, 2.45) is 0 Å². The van der Waals surface area contributed by atoms with Crippen LogP contribution in [0.3, 0.4) is 0 Å². The number of carbonyl (C=O) groups excluding carboxylic acids is 1. The monoisotopic (exact) mass is 404 g/mol. The normalized spacial score (nSPS) is 10.5. The van der Waals surface area contributed by atoms with E-state index in [1.165, 1.54) is 12.1 Å². The zero-order valence-corrected chi connectivity index (χ0v) is 16.2. The number of rotatable bonds is 6. The van der Waals surface area contributed by atoms with Gasteiger partial charge >= 0.3 is 0 Å². The number of thiazole rings is 1. The molecule has 0 spiro atoms. The number of ether oxygens (including phenoxy) is 1. The first-order valence-corrected chi connectivity index (χ1v) is 9.85. The van der Waals surface area contributed by atoms with Gasteiger partial charge in [0.05, 0.1) is 5.69 Å². The number of amides is 1. The van der Waals surface area contributed by atoms with E-state index >= 15 is 0 Å². The van der Waals surface area contributed by atoms with Gasteiger partial charge in [-0.2, -0.15) is 0 Å². The number of nitrogens with one attached hydrogen (secondary N) is 1. The molecule has 0 saturated carbocycles. The summed E-state index contributed by atoms with van der Waals surface area (Å²) in [5.74, 6) is -0.818. The van der Waals surface area contributed by atoms with Gasteiger partial charge in [-0.15, -0.1) is 11.3 Å². The lowest BCUT2D eigenvalue weighted by Gasteiger charge is -2.09. The molecule has 0 saturated heterocycles. The minimum absolute atomic E-state index is 0.0484. The van der Waals surface area contributed by atoms with Crippen LogP contribution in [0.1, 0.15) is 0 Å². The SMILES string of the molecule is O=C(COc1ccccc1F)Nc1cccc(-c2csc(-c3ccccc3)n2)c1. The molecule has 29 heavy (non-hydrogen) atoms. The van der Waals surface area contributed by atoms with Gasteiger partial charge in [0.25, 0.3) is 5.91 Å². The fourth-order valence-corrected chi connectivity index (χ4v) is 3.61. The number of para-hydroxylation sites is 1. The van der Waals surface area contributed by atoms with Gasteiger partial charge in [0, 0.05) is 22.2 Å². The Hall–Kier alpha value is -3.51. The molecule has 1 amide bonds. The molecule has 1 heterocycles. The van der Waals surface area contributed by atoms with Crippen LogP contribution in [0.5, 0.6) is 5.75 Å². The highest BCUT2D eigenvalue weighted by Gasteiger charge is 2.10. The molecule has 3 aromatic carbocycles. The van der Waals surface area contributed by atoms with E-state index in [1.807, 2.05) is 53.9 Å². The minimum Gasteiger partial charge on any atom is -0.481 e. The number of halogens is 1. The molecule has 0 unspecified atom stereocenters. The van der Waals surface area contributed by atoms with E-state index in [-0.39, 0.29) is 18.3 Å². The van der Waals surface area contributed by atoms with Crippen LogP contribution in [-0.4, -0.2) is 17.5 Å². The number of anilines is 1. The summed E-state index contributed by atoms with van der Waals surface area (Å²) in [7, 11) is 0. The van der Waals surface area contributed by atoms with Crippen molar-refractivity contribution in [1.82, 2.24) is 4.98 Å².